The van der Waals surface area contributed by atoms with Gasteiger partial charge in [0.05, 0.1) is 0 Å². The quantitative estimate of drug-likeness (QED) is 0.769. The Labute approximate surface area is 119 Å². The lowest BCUT2D eigenvalue weighted by atomic mass is 10.2. The van der Waals surface area contributed by atoms with Gasteiger partial charge in [-0.05, 0) is 25.1 Å². The molecule has 3 rings (SSSR count). The summed E-state index contributed by atoms with van der Waals surface area (Å²) in [5, 5.41) is 6.91. The number of amides is 1. The van der Waals surface area contributed by atoms with Gasteiger partial charge in [-0.3, -0.25) is 14.2 Å². The zero-order valence-corrected chi connectivity index (χ0v) is 11.5. The van der Waals surface area contributed by atoms with Crippen molar-refractivity contribution in [1.29, 1.82) is 0 Å². The first-order chi connectivity index (χ1) is 10.1. The summed E-state index contributed by atoms with van der Waals surface area (Å²) >= 11 is 0. The van der Waals surface area contributed by atoms with Gasteiger partial charge in [0.2, 0.25) is 0 Å². The second-order valence-electron chi connectivity index (χ2n) is 4.62. The van der Waals surface area contributed by atoms with Gasteiger partial charge in [-0.1, -0.05) is 5.16 Å². The monoisotopic (exact) mass is 284 g/mol. The maximum absolute atomic E-state index is 12.2. The van der Waals surface area contributed by atoms with Crippen LogP contribution in [0.3, 0.4) is 0 Å². The zero-order valence-electron chi connectivity index (χ0n) is 11.5. The second kappa shape index (κ2) is 4.86. The Hall–Kier alpha value is -2.96. The van der Waals surface area contributed by atoms with E-state index in [0.717, 1.165) is 0 Å². The molecule has 7 heteroatoms. The van der Waals surface area contributed by atoms with Crippen molar-refractivity contribution in [3.63, 3.8) is 0 Å². The van der Waals surface area contributed by atoms with Crippen molar-refractivity contribution in [2.24, 2.45) is 7.05 Å². The number of hydrogen-bond donors (Lipinski definition) is 1. The molecule has 3 aromatic rings. The molecule has 0 aliphatic heterocycles. The highest BCUT2D eigenvalue weighted by molar-refractivity contribution is 6.05. The minimum atomic E-state index is -0.533. The molecule has 3 heterocycles. The van der Waals surface area contributed by atoms with Crippen LogP contribution in [-0.4, -0.2) is 20.6 Å². The highest BCUT2D eigenvalue weighted by Crippen LogP contribution is 2.12. The molecular formula is C14H12N4O3. The van der Waals surface area contributed by atoms with E-state index >= 15 is 0 Å². The van der Waals surface area contributed by atoms with E-state index in [1.54, 1.807) is 38.4 Å². The summed E-state index contributed by atoms with van der Waals surface area (Å²) in [4.78, 5) is 28.6. The summed E-state index contributed by atoms with van der Waals surface area (Å²) in [5.74, 6) is 0.307. The third-order valence-electron chi connectivity index (χ3n) is 3.08. The Bertz CT molecular complexity index is 895. The number of aryl methyl sites for hydroxylation is 2. The zero-order chi connectivity index (χ0) is 15.0. The van der Waals surface area contributed by atoms with E-state index in [1.165, 1.54) is 10.6 Å². The van der Waals surface area contributed by atoms with Crippen LogP contribution in [0, 0.1) is 6.92 Å². The molecule has 106 valence electrons. The maximum Gasteiger partial charge on any atom is 0.264 e. The lowest BCUT2D eigenvalue weighted by molar-refractivity contribution is 0.102. The van der Waals surface area contributed by atoms with Gasteiger partial charge in [0, 0.05) is 24.7 Å². The molecule has 0 bridgehead atoms. The number of rotatable bonds is 2. The van der Waals surface area contributed by atoms with Gasteiger partial charge < -0.3 is 9.84 Å². The van der Waals surface area contributed by atoms with Gasteiger partial charge in [-0.25, -0.2) is 4.98 Å². The van der Waals surface area contributed by atoms with Gasteiger partial charge in [0.15, 0.2) is 5.82 Å². The Balaban J connectivity index is 2.05. The molecule has 0 unspecified atom stereocenters. The number of aromatic nitrogens is 3. The number of carbonyl (C=O) groups excluding carboxylic acids is 1. The van der Waals surface area contributed by atoms with Gasteiger partial charge in [0.25, 0.3) is 11.5 Å². The largest absolute Gasteiger partial charge is 0.360 e. The molecule has 0 saturated heterocycles. The molecule has 7 nitrogen and oxygen atoms in total. The average molecular weight is 284 g/mol. The molecule has 0 radical (unpaired) electrons. The molecule has 0 aromatic carbocycles. The standard InChI is InChI=1S/C14H12N4O3/c1-8-6-11(17-21-8)16-13(19)10-7-9-4-3-5-15-12(9)18(2)14(10)20/h3-7H,1-2H3,(H,16,17,19). The number of nitrogens with one attached hydrogen (secondary N) is 1. The van der Waals surface area contributed by atoms with Crippen molar-refractivity contribution in [2.75, 3.05) is 5.32 Å². The van der Waals surface area contributed by atoms with Crippen LogP contribution in [0.5, 0.6) is 0 Å². The minimum absolute atomic E-state index is 0.0265. The number of fused-ring (bicyclic) bond motifs is 1. The van der Waals surface area contributed by atoms with Gasteiger partial charge in [-0.2, -0.15) is 0 Å². The highest BCUT2D eigenvalue weighted by atomic mass is 16.5. The summed E-state index contributed by atoms with van der Waals surface area (Å²) in [6.07, 6.45) is 1.60. The summed E-state index contributed by atoms with van der Waals surface area (Å²) in [5.41, 5.74) is 0.133. The fourth-order valence-corrected chi connectivity index (χ4v) is 2.07. The third kappa shape index (κ3) is 2.29. The lowest BCUT2D eigenvalue weighted by Crippen LogP contribution is -2.28. The molecule has 0 spiro atoms. The van der Waals surface area contributed by atoms with Crippen molar-refractivity contribution < 1.29 is 9.32 Å². The Morgan fingerprint density at radius 2 is 2.19 bits per heavy atom. The molecule has 3 aromatic heterocycles. The lowest BCUT2D eigenvalue weighted by Gasteiger charge is -2.07. The Kier molecular flexibility index (Phi) is 3.02. The Morgan fingerprint density at radius 1 is 1.38 bits per heavy atom. The van der Waals surface area contributed by atoms with Crippen molar-refractivity contribution >= 4 is 22.8 Å². The maximum atomic E-state index is 12.2. The predicted molar refractivity (Wildman–Crippen MR) is 76.2 cm³/mol. The third-order valence-corrected chi connectivity index (χ3v) is 3.08. The number of carbonyl (C=O) groups is 1. The molecule has 0 aliphatic rings. The summed E-state index contributed by atoms with van der Waals surface area (Å²) in [6.45, 7) is 1.71. The van der Waals surface area contributed by atoms with Crippen LogP contribution in [0.1, 0.15) is 16.1 Å². The average Bonchev–Trinajstić information content (AvgIpc) is 2.88. The van der Waals surface area contributed by atoms with Gasteiger partial charge >= 0.3 is 0 Å². The number of pyridine rings is 2. The van der Waals surface area contributed by atoms with E-state index in [4.69, 9.17) is 4.52 Å². The minimum Gasteiger partial charge on any atom is -0.360 e. The number of anilines is 1. The molecular weight excluding hydrogens is 272 g/mol. The smallest absolute Gasteiger partial charge is 0.264 e. The molecule has 21 heavy (non-hydrogen) atoms. The van der Waals surface area contributed by atoms with Crippen LogP contribution in [0.15, 0.2) is 39.8 Å². The fourth-order valence-electron chi connectivity index (χ4n) is 2.07. The number of nitrogens with zero attached hydrogens (tertiary/aromatic N) is 3. The first-order valence-corrected chi connectivity index (χ1v) is 6.25. The molecule has 0 atom stereocenters. The molecule has 0 fully saturated rings. The first-order valence-electron chi connectivity index (χ1n) is 6.25. The van der Waals surface area contributed by atoms with E-state index in [0.29, 0.717) is 16.8 Å². The van der Waals surface area contributed by atoms with Gasteiger partial charge in [-0.15, -0.1) is 0 Å². The van der Waals surface area contributed by atoms with E-state index in [9.17, 15) is 9.59 Å². The highest BCUT2D eigenvalue weighted by Gasteiger charge is 2.16. The summed E-state index contributed by atoms with van der Waals surface area (Å²) in [6, 6.07) is 6.63. The SMILES string of the molecule is Cc1cc(NC(=O)c2cc3cccnc3n(C)c2=O)no1. The van der Waals surface area contributed by atoms with Crippen molar-refractivity contribution in [3.8, 4) is 0 Å². The van der Waals surface area contributed by atoms with Crippen LogP contribution >= 0.6 is 0 Å². The molecule has 0 saturated carbocycles. The molecule has 1 N–H and O–H groups in total. The van der Waals surface area contributed by atoms with Crippen LogP contribution in [-0.2, 0) is 7.05 Å². The topological polar surface area (TPSA) is 90.0 Å². The van der Waals surface area contributed by atoms with Crippen molar-refractivity contribution in [3.05, 3.63) is 52.1 Å². The predicted octanol–water partition coefficient (Wildman–Crippen LogP) is 1.48. The Morgan fingerprint density at radius 3 is 2.90 bits per heavy atom. The van der Waals surface area contributed by atoms with Crippen molar-refractivity contribution in [2.45, 2.75) is 6.92 Å². The van der Waals surface area contributed by atoms with E-state index in [2.05, 4.69) is 15.5 Å². The first kappa shape index (κ1) is 13.0. The van der Waals surface area contributed by atoms with Crippen molar-refractivity contribution in [1.82, 2.24) is 14.7 Å². The van der Waals surface area contributed by atoms with E-state index in [1.807, 2.05) is 0 Å². The van der Waals surface area contributed by atoms with Crippen LogP contribution in [0.4, 0.5) is 5.82 Å². The summed E-state index contributed by atoms with van der Waals surface area (Å²) in [7, 11) is 1.58. The fraction of sp³-hybridized carbons (Fsp3) is 0.143. The van der Waals surface area contributed by atoms with Crippen LogP contribution in [0.2, 0.25) is 0 Å². The molecule has 1 amide bonds. The van der Waals surface area contributed by atoms with E-state index < -0.39 is 11.5 Å². The van der Waals surface area contributed by atoms with Crippen LogP contribution < -0.4 is 10.9 Å². The van der Waals surface area contributed by atoms with E-state index in [-0.39, 0.29) is 11.4 Å². The molecule has 0 aliphatic carbocycles. The second-order valence-corrected chi connectivity index (χ2v) is 4.62. The van der Waals surface area contributed by atoms with Gasteiger partial charge in [0.1, 0.15) is 17.0 Å². The number of hydrogen-bond acceptors (Lipinski definition) is 5. The normalized spacial score (nSPS) is 10.8. The summed E-state index contributed by atoms with van der Waals surface area (Å²) < 4.78 is 6.21. The van der Waals surface area contributed by atoms with Crippen LogP contribution in [0.25, 0.3) is 11.0 Å².